The molecule has 0 bridgehead atoms. The van der Waals surface area contributed by atoms with Gasteiger partial charge in [0.25, 0.3) is 0 Å². The Morgan fingerprint density at radius 1 is 1.03 bits per heavy atom. The van der Waals surface area contributed by atoms with Gasteiger partial charge in [0.05, 0.1) is 16.3 Å². The molecule has 150 valence electrons. The predicted octanol–water partition coefficient (Wildman–Crippen LogP) is 5.10. The minimum Gasteiger partial charge on any atom is -0.294 e. The normalized spacial score (nSPS) is 13.9. The average molecular weight is 420 g/mol. The second-order valence-corrected chi connectivity index (χ2v) is 8.23. The summed E-state index contributed by atoms with van der Waals surface area (Å²) in [5.74, 6) is -0.403. The molecule has 30 heavy (non-hydrogen) atoms. The number of benzene rings is 1. The van der Waals surface area contributed by atoms with Crippen molar-refractivity contribution < 1.29 is 8.78 Å². The second kappa shape index (κ2) is 8.01. The zero-order chi connectivity index (χ0) is 20.5. The number of hydrogen-bond acceptors (Lipinski definition) is 5. The van der Waals surface area contributed by atoms with Crippen LogP contribution in [0.25, 0.3) is 22.0 Å². The van der Waals surface area contributed by atoms with Crippen LogP contribution in [0.15, 0.2) is 60.2 Å². The van der Waals surface area contributed by atoms with Crippen molar-refractivity contribution in [2.24, 2.45) is 0 Å². The highest BCUT2D eigenvalue weighted by molar-refractivity contribution is 7.13. The number of aromatic nitrogens is 3. The maximum atomic E-state index is 14.0. The van der Waals surface area contributed by atoms with Crippen LogP contribution in [0.1, 0.15) is 16.8 Å². The van der Waals surface area contributed by atoms with Crippen LogP contribution in [-0.2, 0) is 19.5 Å². The van der Waals surface area contributed by atoms with Crippen LogP contribution in [-0.4, -0.2) is 26.4 Å². The summed E-state index contributed by atoms with van der Waals surface area (Å²) in [6, 6.07) is 11.3. The number of thiophene rings is 1. The van der Waals surface area contributed by atoms with E-state index < -0.39 is 11.6 Å². The Labute approximate surface area is 176 Å². The molecule has 0 saturated heterocycles. The van der Waals surface area contributed by atoms with E-state index in [-0.39, 0.29) is 0 Å². The molecule has 0 radical (unpaired) electrons. The Kier molecular flexibility index (Phi) is 5.06. The van der Waals surface area contributed by atoms with Gasteiger partial charge in [0.2, 0.25) is 0 Å². The van der Waals surface area contributed by atoms with Crippen molar-refractivity contribution in [3.63, 3.8) is 0 Å². The lowest BCUT2D eigenvalue weighted by Gasteiger charge is -2.28. The zero-order valence-electron chi connectivity index (χ0n) is 16.1. The van der Waals surface area contributed by atoms with Crippen LogP contribution >= 0.6 is 11.3 Å². The molecule has 0 spiro atoms. The largest absolute Gasteiger partial charge is 0.294 e. The van der Waals surface area contributed by atoms with Gasteiger partial charge in [-0.15, -0.1) is 11.3 Å². The fourth-order valence-electron chi connectivity index (χ4n) is 3.67. The van der Waals surface area contributed by atoms with E-state index in [1.54, 1.807) is 23.6 Å². The number of fused-ring (bicyclic) bond motifs is 1. The molecule has 0 amide bonds. The first-order chi connectivity index (χ1) is 14.7. The van der Waals surface area contributed by atoms with Crippen LogP contribution < -0.4 is 0 Å². The third-order valence-electron chi connectivity index (χ3n) is 5.19. The van der Waals surface area contributed by atoms with Crippen molar-refractivity contribution in [1.82, 2.24) is 19.9 Å². The van der Waals surface area contributed by atoms with E-state index in [1.807, 2.05) is 29.8 Å². The number of nitrogens with zero attached hydrogens (tertiary/aromatic N) is 4. The Balaban J connectivity index is 1.28. The van der Waals surface area contributed by atoms with E-state index in [4.69, 9.17) is 4.98 Å². The topological polar surface area (TPSA) is 41.9 Å². The highest BCUT2D eigenvalue weighted by Crippen LogP contribution is 2.25. The Hall–Kier alpha value is -3.03. The van der Waals surface area contributed by atoms with Crippen LogP contribution in [0.3, 0.4) is 0 Å². The zero-order valence-corrected chi connectivity index (χ0v) is 16.9. The molecule has 0 fully saturated rings. The van der Waals surface area contributed by atoms with Crippen LogP contribution in [0.2, 0.25) is 0 Å². The first kappa shape index (κ1) is 19.0. The van der Waals surface area contributed by atoms with Crippen molar-refractivity contribution in [3.05, 3.63) is 88.7 Å². The minimum absolute atomic E-state index is 0.300. The van der Waals surface area contributed by atoms with Crippen molar-refractivity contribution in [2.75, 3.05) is 6.54 Å². The maximum Gasteiger partial charge on any atom is 0.169 e. The second-order valence-electron chi connectivity index (χ2n) is 7.28. The first-order valence-corrected chi connectivity index (χ1v) is 10.5. The Bertz CT molecular complexity index is 1180. The molecule has 0 N–H and O–H groups in total. The predicted molar refractivity (Wildman–Crippen MR) is 113 cm³/mol. The van der Waals surface area contributed by atoms with Crippen molar-refractivity contribution in [2.45, 2.75) is 19.5 Å². The summed E-state index contributed by atoms with van der Waals surface area (Å²) < 4.78 is 27.1. The average Bonchev–Trinajstić information content (AvgIpc) is 3.29. The third-order valence-corrected chi connectivity index (χ3v) is 6.06. The van der Waals surface area contributed by atoms with Gasteiger partial charge in [-0.1, -0.05) is 12.1 Å². The first-order valence-electron chi connectivity index (χ1n) is 9.67. The Morgan fingerprint density at radius 2 is 1.97 bits per heavy atom. The SMILES string of the molecule is Fc1ccc(-c2ccc(CN3CCc4nc(-c5cccs5)ncc4C3)cn2)c(F)c1. The van der Waals surface area contributed by atoms with Gasteiger partial charge in [-0.3, -0.25) is 9.88 Å². The maximum absolute atomic E-state index is 14.0. The number of hydrogen-bond donors (Lipinski definition) is 0. The van der Waals surface area contributed by atoms with E-state index in [0.29, 0.717) is 11.3 Å². The standard InChI is InChI=1S/C23H18F2N4S/c24-17-4-5-18(19(25)10-17)21-6-3-15(11-26-21)13-29-8-7-20-16(14-29)12-27-23(28-20)22-2-1-9-30-22/h1-6,9-12H,7-8,13-14H2. The summed E-state index contributed by atoms with van der Waals surface area (Å²) in [7, 11) is 0. The lowest BCUT2D eigenvalue weighted by atomic mass is 10.1. The molecule has 0 unspecified atom stereocenters. The van der Waals surface area contributed by atoms with Crippen molar-refractivity contribution >= 4 is 11.3 Å². The molecule has 0 aliphatic carbocycles. The van der Waals surface area contributed by atoms with Crippen LogP contribution in [0.4, 0.5) is 8.78 Å². The summed E-state index contributed by atoms with van der Waals surface area (Å²) in [6.45, 7) is 2.43. The Morgan fingerprint density at radius 3 is 2.73 bits per heavy atom. The highest BCUT2D eigenvalue weighted by Gasteiger charge is 2.19. The summed E-state index contributed by atoms with van der Waals surface area (Å²) in [6.07, 6.45) is 4.56. The van der Waals surface area contributed by atoms with Gasteiger partial charge in [0, 0.05) is 55.6 Å². The molecule has 3 aromatic heterocycles. The summed E-state index contributed by atoms with van der Waals surface area (Å²) in [4.78, 5) is 17.1. The molecular weight excluding hydrogens is 402 g/mol. The van der Waals surface area contributed by atoms with Gasteiger partial charge in [0.1, 0.15) is 11.6 Å². The molecular formula is C23H18F2N4S. The fourth-order valence-corrected chi connectivity index (χ4v) is 4.33. The molecule has 4 heterocycles. The molecule has 4 aromatic rings. The lowest BCUT2D eigenvalue weighted by Crippen LogP contribution is -2.31. The molecule has 0 saturated carbocycles. The van der Waals surface area contributed by atoms with E-state index in [0.717, 1.165) is 59.6 Å². The molecule has 4 nitrogen and oxygen atoms in total. The van der Waals surface area contributed by atoms with Gasteiger partial charge in [-0.05, 0) is 35.2 Å². The molecule has 0 atom stereocenters. The van der Waals surface area contributed by atoms with Gasteiger partial charge in [-0.2, -0.15) is 0 Å². The van der Waals surface area contributed by atoms with Crippen molar-refractivity contribution in [3.8, 4) is 22.0 Å². The van der Waals surface area contributed by atoms with Crippen LogP contribution in [0, 0.1) is 11.6 Å². The summed E-state index contributed by atoms with van der Waals surface area (Å²) in [5, 5.41) is 2.03. The summed E-state index contributed by atoms with van der Waals surface area (Å²) in [5.41, 5.74) is 4.11. The lowest BCUT2D eigenvalue weighted by molar-refractivity contribution is 0.242. The van der Waals surface area contributed by atoms with Crippen LogP contribution in [0.5, 0.6) is 0 Å². The highest BCUT2D eigenvalue weighted by atomic mass is 32.1. The smallest absolute Gasteiger partial charge is 0.169 e. The van der Waals surface area contributed by atoms with E-state index in [1.165, 1.54) is 12.1 Å². The molecule has 1 aliphatic heterocycles. The minimum atomic E-state index is -0.607. The van der Waals surface area contributed by atoms with E-state index >= 15 is 0 Å². The van der Waals surface area contributed by atoms with Gasteiger partial charge in [0.15, 0.2) is 5.82 Å². The molecule has 1 aliphatic rings. The fraction of sp³-hybridized carbons (Fsp3) is 0.174. The van der Waals surface area contributed by atoms with Crippen molar-refractivity contribution in [1.29, 1.82) is 0 Å². The quantitative estimate of drug-likeness (QED) is 0.460. The number of halogens is 2. The molecule has 1 aromatic carbocycles. The number of rotatable bonds is 4. The van der Waals surface area contributed by atoms with E-state index in [9.17, 15) is 8.78 Å². The number of pyridine rings is 1. The van der Waals surface area contributed by atoms with Gasteiger partial charge >= 0.3 is 0 Å². The van der Waals surface area contributed by atoms with E-state index in [2.05, 4.69) is 14.9 Å². The summed E-state index contributed by atoms with van der Waals surface area (Å²) >= 11 is 1.65. The monoisotopic (exact) mass is 420 g/mol. The van der Waals surface area contributed by atoms with Gasteiger partial charge < -0.3 is 0 Å². The molecule has 5 rings (SSSR count). The van der Waals surface area contributed by atoms with Gasteiger partial charge in [-0.25, -0.2) is 18.7 Å². The molecule has 7 heteroatoms. The third kappa shape index (κ3) is 3.86.